The first kappa shape index (κ1) is 21.0. The lowest BCUT2D eigenvalue weighted by Gasteiger charge is -2.18. The molecule has 6 heteroatoms. The lowest BCUT2D eigenvalue weighted by Crippen LogP contribution is -2.34. The Labute approximate surface area is 185 Å². The maximum absolute atomic E-state index is 13.3. The third-order valence-corrected chi connectivity index (χ3v) is 6.12. The second-order valence-electron chi connectivity index (χ2n) is 7.70. The van der Waals surface area contributed by atoms with Crippen molar-refractivity contribution in [3.8, 4) is 0 Å². The third kappa shape index (κ3) is 4.44. The van der Waals surface area contributed by atoms with Gasteiger partial charge in [0.2, 0.25) is 0 Å². The van der Waals surface area contributed by atoms with Crippen molar-refractivity contribution in [3.05, 3.63) is 82.8 Å². The Kier molecular flexibility index (Phi) is 6.00. The van der Waals surface area contributed by atoms with Gasteiger partial charge in [0.05, 0.1) is 10.6 Å². The van der Waals surface area contributed by atoms with Gasteiger partial charge < -0.3 is 0 Å². The quantitative estimate of drug-likeness (QED) is 0.518. The molecular weight excluding hydrogens is 408 g/mol. The molecule has 2 aromatic rings. The van der Waals surface area contributed by atoms with Crippen molar-refractivity contribution < 1.29 is 14.4 Å². The monoisotopic (exact) mass is 430 g/mol. The highest BCUT2D eigenvalue weighted by Crippen LogP contribution is 2.36. The van der Waals surface area contributed by atoms with E-state index in [9.17, 15) is 14.4 Å². The predicted octanol–water partition coefficient (Wildman–Crippen LogP) is 4.75. The van der Waals surface area contributed by atoms with Crippen LogP contribution in [0.1, 0.15) is 37.3 Å². The first-order valence-electron chi connectivity index (χ1n) is 10.1. The first-order valence-corrected chi connectivity index (χ1v) is 11.0. The number of aliphatic imine (C=N–C) groups is 1. The number of para-hydroxylation sites is 1. The highest BCUT2D eigenvalue weighted by atomic mass is 32.2. The average Bonchev–Trinajstić information content (AvgIpc) is 3.06. The van der Waals surface area contributed by atoms with Crippen molar-refractivity contribution in [1.29, 1.82) is 0 Å². The summed E-state index contributed by atoms with van der Waals surface area (Å²) in [7, 11) is 0. The van der Waals surface area contributed by atoms with Gasteiger partial charge in [-0.25, -0.2) is 4.99 Å². The molecule has 0 radical (unpaired) electrons. The molecular formula is C25H22N2O3S. The highest BCUT2D eigenvalue weighted by Gasteiger charge is 2.37. The molecule has 0 saturated carbocycles. The van der Waals surface area contributed by atoms with Crippen LogP contribution in [0.3, 0.4) is 0 Å². The molecule has 0 aromatic heterocycles. The van der Waals surface area contributed by atoms with Crippen LogP contribution in [-0.4, -0.2) is 28.7 Å². The van der Waals surface area contributed by atoms with E-state index in [0.29, 0.717) is 21.7 Å². The number of rotatable bonds is 4. The number of benzene rings is 2. The van der Waals surface area contributed by atoms with Gasteiger partial charge in [0.15, 0.2) is 22.8 Å². The van der Waals surface area contributed by atoms with Crippen LogP contribution in [0.25, 0.3) is 6.08 Å². The third-order valence-electron chi connectivity index (χ3n) is 5.14. The Balaban J connectivity index is 1.72. The molecule has 1 fully saturated rings. The SMILES string of the molecule is CC(C)c1ccc(/C=C2/SC(=N[C@H]3C(=O)C=CCC3=O)N(c3ccccc3)C2=O)cc1. The molecule has 1 aliphatic heterocycles. The zero-order valence-electron chi connectivity index (χ0n) is 17.3. The van der Waals surface area contributed by atoms with Gasteiger partial charge in [0, 0.05) is 6.42 Å². The fraction of sp³-hybridized carbons (Fsp3) is 0.200. The van der Waals surface area contributed by atoms with Crippen molar-refractivity contribution in [2.45, 2.75) is 32.2 Å². The minimum atomic E-state index is -1.10. The van der Waals surface area contributed by atoms with E-state index < -0.39 is 6.04 Å². The summed E-state index contributed by atoms with van der Waals surface area (Å²) in [5, 5.41) is 0.336. The number of anilines is 1. The van der Waals surface area contributed by atoms with Crippen LogP contribution in [0, 0.1) is 0 Å². The van der Waals surface area contributed by atoms with Gasteiger partial charge in [0.25, 0.3) is 5.91 Å². The van der Waals surface area contributed by atoms with E-state index in [1.54, 1.807) is 18.2 Å². The zero-order valence-corrected chi connectivity index (χ0v) is 18.1. The molecule has 31 heavy (non-hydrogen) atoms. The van der Waals surface area contributed by atoms with Crippen molar-refractivity contribution in [3.63, 3.8) is 0 Å². The Morgan fingerprint density at radius 1 is 1.03 bits per heavy atom. The molecule has 2 aromatic carbocycles. The average molecular weight is 431 g/mol. The molecule has 1 amide bonds. The number of amidine groups is 1. The smallest absolute Gasteiger partial charge is 0.271 e. The standard InChI is InChI=1S/C25H22N2O3S/c1-16(2)18-13-11-17(12-14-18)15-22-24(30)27(19-7-4-3-5-8-19)25(31-22)26-23-20(28)9-6-10-21(23)29/h3-9,11-16,23H,10H2,1-2H3/b22-15+,26-25?/t23-/m0/s1. The molecule has 1 heterocycles. The van der Waals surface area contributed by atoms with E-state index in [1.807, 2.05) is 36.4 Å². The zero-order chi connectivity index (χ0) is 22.0. The molecule has 1 atom stereocenters. The van der Waals surface area contributed by atoms with Gasteiger partial charge in [0.1, 0.15) is 0 Å². The molecule has 0 spiro atoms. The minimum Gasteiger partial charge on any atom is -0.296 e. The van der Waals surface area contributed by atoms with Crippen LogP contribution >= 0.6 is 11.8 Å². The van der Waals surface area contributed by atoms with E-state index in [-0.39, 0.29) is 23.9 Å². The van der Waals surface area contributed by atoms with Crippen molar-refractivity contribution in [1.82, 2.24) is 0 Å². The lowest BCUT2D eigenvalue weighted by atomic mass is 10.00. The number of hydrogen-bond acceptors (Lipinski definition) is 5. The van der Waals surface area contributed by atoms with Gasteiger partial charge >= 0.3 is 0 Å². The summed E-state index contributed by atoms with van der Waals surface area (Å²) in [6, 6.07) is 16.1. The summed E-state index contributed by atoms with van der Waals surface area (Å²) < 4.78 is 0. The maximum atomic E-state index is 13.3. The van der Waals surface area contributed by atoms with Gasteiger partial charge in [-0.3, -0.25) is 19.3 Å². The summed E-state index contributed by atoms with van der Waals surface area (Å²) in [6.45, 7) is 4.26. The second-order valence-corrected chi connectivity index (χ2v) is 8.71. The molecule has 156 valence electrons. The van der Waals surface area contributed by atoms with E-state index >= 15 is 0 Å². The van der Waals surface area contributed by atoms with Crippen molar-refractivity contribution in [2.75, 3.05) is 4.90 Å². The van der Waals surface area contributed by atoms with E-state index in [0.717, 1.165) is 5.56 Å². The number of allylic oxidation sites excluding steroid dienone is 1. The normalized spacial score (nSPS) is 21.7. The number of hydrogen-bond donors (Lipinski definition) is 0. The molecule has 1 saturated heterocycles. The Morgan fingerprint density at radius 3 is 2.39 bits per heavy atom. The molecule has 2 aliphatic rings. The number of carbonyl (C=O) groups excluding carboxylic acids is 3. The Bertz CT molecular complexity index is 1120. The Hall–Kier alpha value is -3.25. The Morgan fingerprint density at radius 2 is 1.74 bits per heavy atom. The second kappa shape index (κ2) is 8.86. The minimum absolute atomic E-state index is 0.169. The molecule has 0 N–H and O–H groups in total. The largest absolute Gasteiger partial charge is 0.296 e. The molecule has 5 nitrogen and oxygen atoms in total. The number of carbonyl (C=O) groups is 3. The van der Waals surface area contributed by atoms with E-state index in [1.165, 1.54) is 28.3 Å². The summed E-state index contributed by atoms with van der Waals surface area (Å²) in [6.07, 6.45) is 4.93. The van der Waals surface area contributed by atoms with Crippen molar-refractivity contribution in [2.24, 2.45) is 4.99 Å². The van der Waals surface area contributed by atoms with Gasteiger partial charge in [-0.05, 0) is 53.1 Å². The van der Waals surface area contributed by atoms with Crippen molar-refractivity contribution >= 4 is 46.2 Å². The molecule has 4 rings (SSSR count). The van der Waals surface area contributed by atoms with Gasteiger partial charge in [-0.1, -0.05) is 62.4 Å². The summed E-state index contributed by atoms with van der Waals surface area (Å²) in [5.41, 5.74) is 2.77. The van der Waals surface area contributed by atoms with Crippen LogP contribution < -0.4 is 4.90 Å². The van der Waals surface area contributed by atoms with Crippen LogP contribution in [0.2, 0.25) is 0 Å². The fourth-order valence-electron chi connectivity index (χ4n) is 3.39. The topological polar surface area (TPSA) is 66.8 Å². The lowest BCUT2D eigenvalue weighted by molar-refractivity contribution is -0.126. The van der Waals surface area contributed by atoms with Crippen LogP contribution in [0.15, 0.2) is 76.6 Å². The van der Waals surface area contributed by atoms with Gasteiger partial charge in [-0.2, -0.15) is 0 Å². The highest BCUT2D eigenvalue weighted by molar-refractivity contribution is 8.19. The van der Waals surface area contributed by atoms with Crippen LogP contribution in [-0.2, 0) is 14.4 Å². The van der Waals surface area contributed by atoms with Gasteiger partial charge in [-0.15, -0.1) is 0 Å². The van der Waals surface area contributed by atoms with E-state index in [2.05, 4.69) is 31.0 Å². The van der Waals surface area contributed by atoms with Crippen LogP contribution in [0.5, 0.6) is 0 Å². The summed E-state index contributed by atoms with van der Waals surface area (Å²) in [4.78, 5) is 44.2. The summed E-state index contributed by atoms with van der Waals surface area (Å²) >= 11 is 1.18. The number of Topliss-reactive ketones (excluding diaryl/α,β-unsaturated/α-hetero) is 1. The number of thioether (sulfide) groups is 1. The number of amides is 1. The first-order chi connectivity index (χ1) is 14.9. The fourth-order valence-corrected chi connectivity index (χ4v) is 4.40. The summed E-state index contributed by atoms with van der Waals surface area (Å²) in [5.74, 6) is -0.417. The number of nitrogens with zero attached hydrogens (tertiary/aromatic N) is 2. The molecule has 1 aliphatic carbocycles. The number of ketones is 2. The van der Waals surface area contributed by atoms with Crippen LogP contribution in [0.4, 0.5) is 5.69 Å². The molecule has 0 unspecified atom stereocenters. The maximum Gasteiger partial charge on any atom is 0.271 e. The molecule has 0 bridgehead atoms. The van der Waals surface area contributed by atoms with E-state index in [4.69, 9.17) is 0 Å². The predicted molar refractivity (Wildman–Crippen MR) is 125 cm³/mol.